The average Bonchev–Trinajstić information content (AvgIpc) is 2.93. The van der Waals surface area contributed by atoms with Crippen molar-refractivity contribution >= 4 is 16.8 Å². The van der Waals surface area contributed by atoms with Gasteiger partial charge in [-0.25, -0.2) is 4.98 Å². The topological polar surface area (TPSA) is 73.2 Å². The van der Waals surface area contributed by atoms with Gasteiger partial charge in [0.2, 0.25) is 5.91 Å². The lowest BCUT2D eigenvalue weighted by Gasteiger charge is -2.32. The number of carbonyl (C=O) groups is 1. The number of nitrogens with one attached hydrogen (secondary N) is 1. The number of rotatable bonds is 9. The summed E-state index contributed by atoms with van der Waals surface area (Å²) in [5.74, 6) is 2.38. The molecular formula is C31H28F3N3O3. The fourth-order valence-corrected chi connectivity index (χ4v) is 4.45. The van der Waals surface area contributed by atoms with Crippen molar-refractivity contribution in [2.75, 3.05) is 13.2 Å². The molecule has 6 nitrogen and oxygen atoms in total. The number of alkyl halides is 3. The number of hydrogen-bond donors (Lipinski definition) is 1. The third-order valence-corrected chi connectivity index (χ3v) is 6.57. The molecular weight excluding hydrogens is 519 g/mol. The van der Waals surface area contributed by atoms with Crippen molar-refractivity contribution in [3.63, 3.8) is 0 Å². The third kappa shape index (κ3) is 6.24. The minimum atomic E-state index is -4.47. The predicted octanol–water partition coefficient (Wildman–Crippen LogP) is 5.39. The van der Waals surface area contributed by atoms with Crippen molar-refractivity contribution in [1.82, 2.24) is 14.9 Å². The molecule has 1 atom stereocenters. The van der Waals surface area contributed by atoms with Gasteiger partial charge in [0.15, 0.2) is 0 Å². The van der Waals surface area contributed by atoms with Crippen LogP contribution in [0.4, 0.5) is 13.2 Å². The molecule has 0 saturated heterocycles. The van der Waals surface area contributed by atoms with Gasteiger partial charge in [-0.2, -0.15) is 13.2 Å². The number of aromatic nitrogens is 2. The van der Waals surface area contributed by atoms with E-state index in [2.05, 4.69) is 11.2 Å². The van der Waals surface area contributed by atoms with Crippen LogP contribution in [-0.4, -0.2) is 28.7 Å². The van der Waals surface area contributed by atoms with Crippen LogP contribution < -0.4 is 10.9 Å². The Morgan fingerprint density at radius 2 is 1.73 bits per heavy atom. The summed E-state index contributed by atoms with van der Waals surface area (Å²) in [6, 6.07) is 18.2. The molecule has 1 aromatic heterocycles. The zero-order valence-corrected chi connectivity index (χ0v) is 22.1. The standard InChI is InChI=1S/C31H28F3N3O3/c1-4-21-12-16-24(17-13-21)37-28(39)25-8-6-7-9-26(25)35-29(37)30(3,18-19-40-5-2)36-27(38)20-22-10-14-23(15-11-22)31(32,33)34/h1,6-17H,5,18-20H2,2-3H3,(H,36,38). The van der Waals surface area contributed by atoms with Gasteiger partial charge in [-0.3, -0.25) is 14.2 Å². The van der Waals surface area contributed by atoms with E-state index in [1.165, 1.54) is 16.7 Å². The van der Waals surface area contributed by atoms with Gasteiger partial charge in [-0.15, -0.1) is 6.42 Å². The highest BCUT2D eigenvalue weighted by Crippen LogP contribution is 2.30. The van der Waals surface area contributed by atoms with Gasteiger partial charge in [-0.1, -0.05) is 30.2 Å². The second kappa shape index (κ2) is 11.8. The zero-order valence-electron chi connectivity index (χ0n) is 22.1. The van der Waals surface area contributed by atoms with Crippen LogP contribution in [0.2, 0.25) is 0 Å². The van der Waals surface area contributed by atoms with Gasteiger partial charge in [-0.05, 0) is 67.9 Å². The van der Waals surface area contributed by atoms with E-state index in [9.17, 15) is 22.8 Å². The van der Waals surface area contributed by atoms with Crippen LogP contribution in [0.25, 0.3) is 16.6 Å². The Labute approximate surface area is 229 Å². The first-order valence-corrected chi connectivity index (χ1v) is 12.7. The van der Waals surface area contributed by atoms with Gasteiger partial charge in [0, 0.05) is 25.2 Å². The molecule has 0 bridgehead atoms. The van der Waals surface area contributed by atoms with Gasteiger partial charge in [0.25, 0.3) is 5.56 Å². The molecule has 0 radical (unpaired) electrons. The minimum Gasteiger partial charge on any atom is -0.382 e. The molecule has 4 aromatic rings. The highest BCUT2D eigenvalue weighted by Gasteiger charge is 2.35. The van der Waals surface area contributed by atoms with Crippen molar-refractivity contribution in [3.8, 4) is 18.0 Å². The molecule has 1 heterocycles. The Bertz CT molecular complexity index is 1600. The van der Waals surface area contributed by atoms with Crippen LogP contribution in [-0.2, 0) is 27.7 Å². The summed E-state index contributed by atoms with van der Waals surface area (Å²) < 4.78 is 45.9. The zero-order chi connectivity index (χ0) is 28.9. The maximum Gasteiger partial charge on any atom is 0.416 e. The maximum atomic E-state index is 13.8. The molecule has 9 heteroatoms. The number of carbonyl (C=O) groups excluding carboxylic acids is 1. The number of nitrogens with zero attached hydrogens (tertiary/aromatic N) is 2. The first-order valence-electron chi connectivity index (χ1n) is 12.7. The molecule has 0 aliphatic rings. The largest absolute Gasteiger partial charge is 0.416 e. The van der Waals surface area contributed by atoms with Crippen LogP contribution in [0.5, 0.6) is 0 Å². The number of terminal acetylenes is 1. The Kier molecular flexibility index (Phi) is 8.40. The summed E-state index contributed by atoms with van der Waals surface area (Å²) >= 11 is 0. The molecule has 40 heavy (non-hydrogen) atoms. The van der Waals surface area contributed by atoms with E-state index in [4.69, 9.17) is 16.1 Å². The van der Waals surface area contributed by atoms with Gasteiger partial charge < -0.3 is 10.1 Å². The molecule has 0 fully saturated rings. The molecule has 206 valence electrons. The number of hydrogen-bond acceptors (Lipinski definition) is 4. The van der Waals surface area contributed by atoms with Crippen molar-refractivity contribution in [3.05, 3.63) is 106 Å². The van der Waals surface area contributed by atoms with E-state index >= 15 is 0 Å². The highest BCUT2D eigenvalue weighted by molar-refractivity contribution is 5.80. The maximum absolute atomic E-state index is 13.8. The van der Waals surface area contributed by atoms with Crippen molar-refractivity contribution in [1.29, 1.82) is 0 Å². The normalized spacial score (nSPS) is 13.0. The number of fused-ring (bicyclic) bond motifs is 1. The van der Waals surface area contributed by atoms with Gasteiger partial charge in [0.1, 0.15) is 5.82 Å². The van der Waals surface area contributed by atoms with Gasteiger partial charge in [0.05, 0.1) is 34.1 Å². The van der Waals surface area contributed by atoms with E-state index in [-0.39, 0.29) is 30.8 Å². The van der Waals surface area contributed by atoms with Crippen LogP contribution in [0.1, 0.15) is 42.8 Å². The van der Waals surface area contributed by atoms with Crippen molar-refractivity contribution < 1.29 is 22.7 Å². The fourth-order valence-electron chi connectivity index (χ4n) is 4.45. The van der Waals surface area contributed by atoms with Gasteiger partial charge >= 0.3 is 6.18 Å². The van der Waals surface area contributed by atoms with Crippen molar-refractivity contribution in [2.45, 2.75) is 38.4 Å². The lowest BCUT2D eigenvalue weighted by atomic mass is 9.94. The molecule has 4 rings (SSSR count). The number of halogens is 3. The van der Waals surface area contributed by atoms with E-state index in [1.54, 1.807) is 55.5 Å². The molecule has 3 aromatic carbocycles. The average molecular weight is 548 g/mol. The van der Waals surface area contributed by atoms with Crippen LogP contribution in [0.15, 0.2) is 77.6 Å². The van der Waals surface area contributed by atoms with E-state index in [1.807, 2.05) is 6.92 Å². The molecule has 1 N–H and O–H groups in total. The molecule has 0 aliphatic carbocycles. The van der Waals surface area contributed by atoms with E-state index < -0.39 is 23.2 Å². The number of ether oxygens (including phenoxy) is 1. The number of amides is 1. The monoisotopic (exact) mass is 547 g/mol. The Morgan fingerprint density at radius 3 is 2.35 bits per heavy atom. The smallest absolute Gasteiger partial charge is 0.382 e. The van der Waals surface area contributed by atoms with Crippen LogP contribution in [0, 0.1) is 12.3 Å². The predicted molar refractivity (Wildman–Crippen MR) is 147 cm³/mol. The second-order valence-corrected chi connectivity index (χ2v) is 9.48. The molecule has 0 aliphatic heterocycles. The van der Waals surface area contributed by atoms with Crippen molar-refractivity contribution in [2.24, 2.45) is 0 Å². The van der Waals surface area contributed by atoms with E-state index in [0.717, 1.165) is 12.1 Å². The summed E-state index contributed by atoms with van der Waals surface area (Å²) in [7, 11) is 0. The molecule has 1 unspecified atom stereocenters. The molecule has 1 amide bonds. The van der Waals surface area contributed by atoms with E-state index in [0.29, 0.717) is 34.3 Å². The first-order chi connectivity index (χ1) is 19.1. The highest BCUT2D eigenvalue weighted by atomic mass is 19.4. The first kappa shape index (κ1) is 28.6. The molecule has 0 spiro atoms. The third-order valence-electron chi connectivity index (χ3n) is 6.57. The lowest BCUT2D eigenvalue weighted by molar-refractivity contribution is -0.137. The summed E-state index contributed by atoms with van der Waals surface area (Å²) in [5.41, 5.74) is -0.295. The minimum absolute atomic E-state index is 0.170. The SMILES string of the molecule is C#Cc1ccc(-n2c(C(C)(CCOCC)NC(=O)Cc3ccc(C(F)(F)F)cc3)nc3ccccc3c2=O)cc1. The van der Waals surface area contributed by atoms with Crippen LogP contribution in [0.3, 0.4) is 0 Å². The summed E-state index contributed by atoms with van der Waals surface area (Å²) in [6.45, 7) is 4.30. The Hall–Kier alpha value is -4.42. The summed E-state index contributed by atoms with van der Waals surface area (Å²) in [4.78, 5) is 31.9. The number of para-hydroxylation sites is 1. The Morgan fingerprint density at radius 1 is 1.05 bits per heavy atom. The summed E-state index contributed by atoms with van der Waals surface area (Å²) in [6.07, 6.45) is 1.14. The summed E-state index contributed by atoms with van der Waals surface area (Å²) in [5, 5.41) is 3.39. The Balaban J connectivity index is 1.79. The quantitative estimate of drug-likeness (QED) is 0.225. The fraction of sp³-hybridized carbons (Fsp3) is 0.258. The number of benzene rings is 3. The molecule has 0 saturated carbocycles. The second-order valence-electron chi connectivity index (χ2n) is 9.48. The van der Waals surface area contributed by atoms with Crippen LogP contribution >= 0.6 is 0 Å². The lowest BCUT2D eigenvalue weighted by Crippen LogP contribution is -2.48.